The van der Waals surface area contributed by atoms with Crippen molar-refractivity contribution in [1.82, 2.24) is 4.98 Å². The van der Waals surface area contributed by atoms with Gasteiger partial charge in [-0.25, -0.2) is 4.98 Å². The smallest absolute Gasteiger partial charge is 0.187 e. The monoisotopic (exact) mass is 481 g/mol. The highest BCUT2D eigenvalue weighted by atomic mass is 32.1. The van der Waals surface area contributed by atoms with Crippen LogP contribution in [-0.2, 0) is 13.1 Å². The van der Waals surface area contributed by atoms with Crippen LogP contribution >= 0.6 is 22.7 Å². The van der Waals surface area contributed by atoms with Gasteiger partial charge in [-0.1, -0.05) is 102 Å². The zero-order valence-electron chi connectivity index (χ0n) is 18.3. The molecule has 0 aliphatic rings. The van der Waals surface area contributed by atoms with E-state index in [2.05, 4.69) is 40.6 Å². The molecule has 5 aromatic rings. The molecule has 0 aliphatic carbocycles. The van der Waals surface area contributed by atoms with Gasteiger partial charge < -0.3 is 14.8 Å². The molecule has 0 amide bonds. The lowest BCUT2D eigenvalue weighted by Gasteiger charge is -2.23. The summed E-state index contributed by atoms with van der Waals surface area (Å²) in [5.41, 5.74) is 4.00. The minimum Gasteiger partial charge on any atom is -0.545 e. The Kier molecular flexibility index (Phi) is 6.51. The molecule has 0 aliphatic heterocycles. The molecule has 0 unspecified atom stereocenters. The molecule has 0 saturated heterocycles. The van der Waals surface area contributed by atoms with Crippen molar-refractivity contribution in [3.05, 3.63) is 118 Å². The van der Waals surface area contributed by atoms with Gasteiger partial charge in [0.15, 0.2) is 5.13 Å². The van der Waals surface area contributed by atoms with Gasteiger partial charge in [0.05, 0.1) is 23.1 Å². The highest BCUT2D eigenvalue weighted by molar-refractivity contribution is 7.19. The van der Waals surface area contributed by atoms with Gasteiger partial charge in [-0.05, 0) is 22.6 Å². The molecule has 0 radical (unpaired) electrons. The van der Waals surface area contributed by atoms with E-state index in [4.69, 9.17) is 4.98 Å². The van der Waals surface area contributed by atoms with Gasteiger partial charge in [0.1, 0.15) is 0 Å². The fourth-order valence-electron chi connectivity index (χ4n) is 3.87. The maximum Gasteiger partial charge on any atom is 0.187 e. The molecule has 0 spiro atoms. The van der Waals surface area contributed by atoms with Crippen molar-refractivity contribution < 1.29 is 9.90 Å². The molecule has 6 heteroatoms. The quantitative estimate of drug-likeness (QED) is 0.268. The molecule has 0 fully saturated rings. The van der Waals surface area contributed by atoms with Gasteiger partial charge in [0, 0.05) is 22.5 Å². The molecule has 2 aromatic heterocycles. The Hall–Kier alpha value is -3.74. The predicted octanol–water partition coefficient (Wildman–Crippen LogP) is 6.11. The Labute approximate surface area is 206 Å². The number of benzene rings is 3. The first-order valence-corrected chi connectivity index (χ1v) is 12.6. The molecule has 3 aromatic carbocycles. The third kappa shape index (κ3) is 4.78. The number of carbonyl (C=O) groups is 1. The number of carboxylic acid groups (broad SMARTS) is 1. The molecule has 0 bridgehead atoms. The number of rotatable bonds is 8. The summed E-state index contributed by atoms with van der Waals surface area (Å²) in [6, 6.07) is 31.6. The van der Waals surface area contributed by atoms with Crippen molar-refractivity contribution in [2.45, 2.75) is 13.1 Å². The number of hydrogen-bond acceptors (Lipinski definition) is 6. The topological polar surface area (TPSA) is 56.3 Å². The molecule has 0 N–H and O–H groups in total. The lowest BCUT2D eigenvalue weighted by molar-refractivity contribution is -0.255. The first-order valence-electron chi connectivity index (χ1n) is 10.9. The summed E-state index contributed by atoms with van der Waals surface area (Å²) in [6.07, 6.45) is 0. The Morgan fingerprint density at radius 1 is 0.794 bits per heavy atom. The van der Waals surface area contributed by atoms with Crippen molar-refractivity contribution in [2.24, 2.45) is 0 Å². The van der Waals surface area contributed by atoms with Crippen molar-refractivity contribution >= 4 is 33.8 Å². The van der Waals surface area contributed by atoms with E-state index in [-0.39, 0.29) is 5.56 Å². The van der Waals surface area contributed by atoms with Crippen LogP contribution in [0.2, 0.25) is 0 Å². The second-order valence-corrected chi connectivity index (χ2v) is 9.80. The largest absolute Gasteiger partial charge is 0.545 e. The second-order valence-electron chi connectivity index (χ2n) is 7.79. The average Bonchev–Trinajstić information content (AvgIpc) is 3.55. The van der Waals surface area contributed by atoms with Gasteiger partial charge in [-0.15, -0.1) is 11.3 Å². The lowest BCUT2D eigenvalue weighted by atomic mass is 10.1. The minimum atomic E-state index is -1.17. The first kappa shape index (κ1) is 22.1. The van der Waals surface area contributed by atoms with E-state index in [1.54, 1.807) is 34.8 Å². The summed E-state index contributed by atoms with van der Waals surface area (Å²) in [4.78, 5) is 21.3. The molecule has 34 heavy (non-hydrogen) atoms. The lowest BCUT2D eigenvalue weighted by Crippen LogP contribution is -2.27. The van der Waals surface area contributed by atoms with Crippen molar-refractivity contribution in [3.63, 3.8) is 0 Å². The number of nitrogens with zero attached hydrogens (tertiary/aromatic N) is 2. The minimum absolute atomic E-state index is 0.210. The Balaban J connectivity index is 1.61. The van der Waals surface area contributed by atoms with Crippen LogP contribution in [0.1, 0.15) is 20.8 Å². The maximum absolute atomic E-state index is 11.7. The van der Waals surface area contributed by atoms with E-state index in [0.717, 1.165) is 26.8 Å². The standard InChI is InChI=1S/C28H22N2O2S2/c31-27(32)24-16-8-7-14-22(24)18-30(19-23-15-9-17-33-23)28-29-25(20-10-3-1-4-11-20)26(34-28)21-12-5-2-6-13-21/h1-17H,18-19H2,(H,31,32)/p-1. The van der Waals surface area contributed by atoms with E-state index < -0.39 is 5.97 Å². The summed E-state index contributed by atoms with van der Waals surface area (Å²) in [5, 5.41) is 14.6. The molecule has 4 nitrogen and oxygen atoms in total. The van der Waals surface area contributed by atoms with Crippen molar-refractivity contribution in [3.8, 4) is 21.7 Å². The Morgan fingerprint density at radius 3 is 2.15 bits per heavy atom. The van der Waals surface area contributed by atoms with Crippen LogP contribution in [0, 0.1) is 0 Å². The summed E-state index contributed by atoms with van der Waals surface area (Å²) >= 11 is 3.30. The number of thiazole rings is 1. The van der Waals surface area contributed by atoms with Gasteiger partial charge in [0.2, 0.25) is 0 Å². The Morgan fingerprint density at radius 2 is 1.47 bits per heavy atom. The highest BCUT2D eigenvalue weighted by Crippen LogP contribution is 2.41. The van der Waals surface area contributed by atoms with E-state index in [9.17, 15) is 9.90 Å². The number of anilines is 1. The fourth-order valence-corrected chi connectivity index (χ4v) is 5.68. The molecule has 5 rings (SSSR count). The second kappa shape index (κ2) is 10.0. The number of thiophene rings is 1. The van der Waals surface area contributed by atoms with Gasteiger partial charge >= 0.3 is 0 Å². The molecule has 0 atom stereocenters. The van der Waals surface area contributed by atoms with E-state index >= 15 is 0 Å². The van der Waals surface area contributed by atoms with Crippen LogP contribution < -0.4 is 10.0 Å². The van der Waals surface area contributed by atoms with E-state index in [1.165, 1.54) is 4.88 Å². The van der Waals surface area contributed by atoms with Crippen LogP contribution in [0.4, 0.5) is 5.13 Å². The third-order valence-corrected chi connectivity index (χ3v) is 7.52. The van der Waals surface area contributed by atoms with E-state index in [0.29, 0.717) is 18.7 Å². The predicted molar refractivity (Wildman–Crippen MR) is 138 cm³/mol. The summed E-state index contributed by atoms with van der Waals surface area (Å²) in [6.45, 7) is 1.05. The Bertz CT molecular complexity index is 1320. The van der Waals surface area contributed by atoms with Crippen LogP contribution in [0.5, 0.6) is 0 Å². The molecule has 2 heterocycles. The molecular formula is C28H21N2O2S2-. The zero-order valence-corrected chi connectivity index (χ0v) is 19.9. The maximum atomic E-state index is 11.7. The highest BCUT2D eigenvalue weighted by Gasteiger charge is 2.20. The summed E-state index contributed by atoms with van der Waals surface area (Å²) < 4.78 is 0. The van der Waals surface area contributed by atoms with Crippen molar-refractivity contribution in [1.29, 1.82) is 0 Å². The normalized spacial score (nSPS) is 10.8. The summed E-state index contributed by atoms with van der Waals surface area (Å²) in [7, 11) is 0. The number of aromatic nitrogens is 1. The first-order chi connectivity index (χ1) is 16.7. The SMILES string of the molecule is O=C([O-])c1ccccc1CN(Cc1cccs1)c1nc(-c2ccccc2)c(-c2ccccc2)s1. The number of hydrogen-bond donors (Lipinski definition) is 0. The van der Waals surface area contributed by atoms with Gasteiger partial charge in [-0.3, -0.25) is 0 Å². The number of aromatic carboxylic acids is 1. The van der Waals surface area contributed by atoms with Crippen LogP contribution in [-0.4, -0.2) is 11.0 Å². The number of carbonyl (C=O) groups excluding carboxylic acids is 1. The van der Waals surface area contributed by atoms with Crippen LogP contribution in [0.15, 0.2) is 102 Å². The van der Waals surface area contributed by atoms with Crippen LogP contribution in [0.25, 0.3) is 21.7 Å². The third-order valence-electron chi connectivity index (χ3n) is 5.49. The van der Waals surface area contributed by atoms with Gasteiger partial charge in [0.25, 0.3) is 0 Å². The fraction of sp³-hybridized carbons (Fsp3) is 0.0714. The van der Waals surface area contributed by atoms with Crippen LogP contribution in [0.3, 0.4) is 0 Å². The van der Waals surface area contributed by atoms with Gasteiger partial charge in [-0.2, -0.15) is 0 Å². The number of carboxylic acids is 1. The van der Waals surface area contributed by atoms with Crippen molar-refractivity contribution in [2.75, 3.05) is 4.90 Å². The van der Waals surface area contributed by atoms with E-state index in [1.807, 2.05) is 54.6 Å². The molecular weight excluding hydrogens is 460 g/mol. The average molecular weight is 482 g/mol. The molecule has 168 valence electrons. The molecule has 0 saturated carbocycles. The summed E-state index contributed by atoms with van der Waals surface area (Å²) in [5.74, 6) is -1.17. The zero-order chi connectivity index (χ0) is 23.3.